The van der Waals surface area contributed by atoms with Crippen molar-refractivity contribution >= 4 is 11.6 Å². The summed E-state index contributed by atoms with van der Waals surface area (Å²) in [5.74, 6) is -0.355. The lowest BCUT2D eigenvalue weighted by Gasteiger charge is -2.34. The first-order chi connectivity index (χ1) is 12.4. The fourth-order valence-electron chi connectivity index (χ4n) is 3.13. The van der Waals surface area contributed by atoms with Gasteiger partial charge < -0.3 is 4.90 Å². The van der Waals surface area contributed by atoms with Gasteiger partial charge in [0.1, 0.15) is 5.82 Å². The van der Waals surface area contributed by atoms with Crippen LogP contribution in [-0.2, 0) is 6.54 Å². The molecule has 0 N–H and O–H groups in total. The zero-order valence-electron chi connectivity index (χ0n) is 14.5. The largest absolute Gasteiger partial charge is 0.336 e. The van der Waals surface area contributed by atoms with Crippen LogP contribution in [0.1, 0.15) is 21.5 Å². The van der Waals surface area contributed by atoms with Crippen LogP contribution in [0.5, 0.6) is 0 Å². The van der Waals surface area contributed by atoms with E-state index in [0.717, 1.165) is 25.2 Å². The molecule has 2 aromatic rings. The van der Waals surface area contributed by atoms with E-state index in [0.29, 0.717) is 24.2 Å². The van der Waals surface area contributed by atoms with Crippen LogP contribution in [0.2, 0.25) is 0 Å². The summed E-state index contributed by atoms with van der Waals surface area (Å²) in [5, 5.41) is 10.9. The number of nitrogens with zero attached hydrogens (tertiary/aromatic N) is 3. The van der Waals surface area contributed by atoms with Gasteiger partial charge in [0.05, 0.1) is 4.92 Å². The second kappa shape index (κ2) is 7.61. The third kappa shape index (κ3) is 4.05. The fourth-order valence-corrected chi connectivity index (χ4v) is 3.13. The summed E-state index contributed by atoms with van der Waals surface area (Å²) in [6.45, 7) is 5.00. The van der Waals surface area contributed by atoms with Crippen molar-refractivity contribution in [2.24, 2.45) is 0 Å². The molecule has 1 aliphatic rings. The molecule has 0 atom stereocenters. The third-order valence-corrected chi connectivity index (χ3v) is 4.62. The molecule has 1 amide bonds. The number of nitro benzene ring substituents is 1. The second-order valence-corrected chi connectivity index (χ2v) is 6.45. The topological polar surface area (TPSA) is 66.7 Å². The zero-order valence-corrected chi connectivity index (χ0v) is 14.5. The molecule has 26 heavy (non-hydrogen) atoms. The lowest BCUT2D eigenvalue weighted by molar-refractivity contribution is -0.385. The van der Waals surface area contributed by atoms with Crippen molar-refractivity contribution in [3.63, 3.8) is 0 Å². The number of aryl methyl sites for hydroxylation is 1. The van der Waals surface area contributed by atoms with Crippen LogP contribution in [0, 0.1) is 22.9 Å². The monoisotopic (exact) mass is 357 g/mol. The highest BCUT2D eigenvalue weighted by molar-refractivity contribution is 5.94. The molecular formula is C19H20FN3O3. The van der Waals surface area contributed by atoms with Crippen molar-refractivity contribution in [3.8, 4) is 0 Å². The molecular weight excluding hydrogens is 337 g/mol. The number of carbonyl (C=O) groups is 1. The fraction of sp³-hybridized carbons (Fsp3) is 0.316. The summed E-state index contributed by atoms with van der Waals surface area (Å²) >= 11 is 0. The van der Waals surface area contributed by atoms with Gasteiger partial charge in [-0.25, -0.2) is 4.39 Å². The molecule has 7 heteroatoms. The third-order valence-electron chi connectivity index (χ3n) is 4.62. The number of halogens is 1. The molecule has 136 valence electrons. The van der Waals surface area contributed by atoms with Crippen molar-refractivity contribution in [1.82, 2.24) is 9.80 Å². The van der Waals surface area contributed by atoms with Gasteiger partial charge in [0.25, 0.3) is 11.6 Å². The van der Waals surface area contributed by atoms with E-state index < -0.39 is 4.92 Å². The van der Waals surface area contributed by atoms with Crippen molar-refractivity contribution < 1.29 is 14.1 Å². The maximum Gasteiger partial charge on any atom is 0.272 e. The van der Waals surface area contributed by atoms with Crippen LogP contribution in [0.4, 0.5) is 10.1 Å². The van der Waals surface area contributed by atoms with Gasteiger partial charge in [-0.2, -0.15) is 0 Å². The number of rotatable bonds is 4. The van der Waals surface area contributed by atoms with E-state index in [4.69, 9.17) is 0 Å². The van der Waals surface area contributed by atoms with Gasteiger partial charge in [0.15, 0.2) is 0 Å². The van der Waals surface area contributed by atoms with Crippen molar-refractivity contribution in [2.75, 3.05) is 26.2 Å². The second-order valence-electron chi connectivity index (χ2n) is 6.45. The standard InChI is InChI=1S/C19H20FN3O3/c1-14-12-16(4-7-18(14)23(25)26)19(24)22-10-8-21(9-11-22)13-15-2-5-17(20)6-3-15/h2-7,12H,8-11,13H2,1H3. The molecule has 1 aliphatic heterocycles. The Morgan fingerprint density at radius 1 is 1.12 bits per heavy atom. The van der Waals surface area contributed by atoms with Gasteiger partial charge in [-0.15, -0.1) is 0 Å². The maximum absolute atomic E-state index is 13.0. The first-order valence-corrected chi connectivity index (χ1v) is 8.45. The van der Waals surface area contributed by atoms with Crippen molar-refractivity contribution in [1.29, 1.82) is 0 Å². The molecule has 6 nitrogen and oxygen atoms in total. The zero-order chi connectivity index (χ0) is 18.7. The van der Waals surface area contributed by atoms with Crippen LogP contribution in [0.25, 0.3) is 0 Å². The number of nitro groups is 1. The molecule has 1 saturated heterocycles. The molecule has 0 aliphatic carbocycles. The molecule has 0 saturated carbocycles. The Morgan fingerprint density at radius 3 is 2.35 bits per heavy atom. The minimum absolute atomic E-state index is 0.0191. The SMILES string of the molecule is Cc1cc(C(=O)N2CCN(Cc3ccc(F)cc3)CC2)ccc1[N+](=O)[O-]. The van der Waals surface area contributed by atoms with E-state index in [2.05, 4.69) is 4.90 Å². The Labute approximate surface area is 151 Å². The Bertz CT molecular complexity index is 815. The minimum Gasteiger partial charge on any atom is -0.336 e. The van der Waals surface area contributed by atoms with Crippen LogP contribution >= 0.6 is 0 Å². The lowest BCUT2D eigenvalue weighted by Crippen LogP contribution is -2.48. The number of hydrogen-bond acceptors (Lipinski definition) is 4. The molecule has 0 bridgehead atoms. The van der Waals surface area contributed by atoms with Gasteiger partial charge in [-0.05, 0) is 36.8 Å². The molecule has 3 rings (SSSR count). The average Bonchev–Trinajstić information content (AvgIpc) is 2.63. The summed E-state index contributed by atoms with van der Waals surface area (Å²) in [6.07, 6.45) is 0. The highest BCUT2D eigenvalue weighted by atomic mass is 19.1. The average molecular weight is 357 g/mol. The number of carbonyl (C=O) groups excluding carboxylic acids is 1. The Balaban J connectivity index is 1.59. The van der Waals surface area contributed by atoms with Crippen molar-refractivity contribution in [3.05, 3.63) is 75.1 Å². The van der Waals surface area contributed by atoms with E-state index in [1.807, 2.05) is 0 Å². The highest BCUT2D eigenvalue weighted by Gasteiger charge is 2.23. The van der Waals surface area contributed by atoms with Crippen LogP contribution < -0.4 is 0 Å². The number of amides is 1. The number of hydrogen-bond donors (Lipinski definition) is 0. The van der Waals surface area contributed by atoms with Gasteiger partial charge in [0, 0.05) is 49.9 Å². The summed E-state index contributed by atoms with van der Waals surface area (Å²) in [6, 6.07) is 10.9. The van der Waals surface area contributed by atoms with E-state index in [-0.39, 0.29) is 17.4 Å². The predicted molar refractivity (Wildman–Crippen MR) is 95.4 cm³/mol. The summed E-state index contributed by atoms with van der Waals surface area (Å²) in [4.78, 5) is 27.1. The van der Waals surface area contributed by atoms with Crippen molar-refractivity contribution in [2.45, 2.75) is 13.5 Å². The van der Waals surface area contributed by atoms with E-state index in [1.54, 1.807) is 30.0 Å². The molecule has 1 heterocycles. The van der Waals surface area contributed by atoms with E-state index >= 15 is 0 Å². The van der Waals surface area contributed by atoms with Gasteiger partial charge in [0.2, 0.25) is 0 Å². The smallest absolute Gasteiger partial charge is 0.272 e. The molecule has 0 aromatic heterocycles. The maximum atomic E-state index is 13.0. The Morgan fingerprint density at radius 2 is 1.77 bits per heavy atom. The molecule has 2 aromatic carbocycles. The summed E-state index contributed by atoms with van der Waals surface area (Å²) < 4.78 is 13.0. The lowest BCUT2D eigenvalue weighted by atomic mass is 10.1. The first-order valence-electron chi connectivity index (χ1n) is 8.45. The van der Waals surface area contributed by atoms with Gasteiger partial charge >= 0.3 is 0 Å². The van der Waals surface area contributed by atoms with Crippen LogP contribution in [-0.4, -0.2) is 46.8 Å². The highest BCUT2D eigenvalue weighted by Crippen LogP contribution is 2.20. The predicted octanol–water partition coefficient (Wildman–Crippen LogP) is 3.00. The molecule has 1 fully saturated rings. The van der Waals surface area contributed by atoms with Crippen LogP contribution in [0.15, 0.2) is 42.5 Å². The van der Waals surface area contributed by atoms with Crippen LogP contribution in [0.3, 0.4) is 0 Å². The number of piperazine rings is 1. The van der Waals surface area contributed by atoms with E-state index in [9.17, 15) is 19.3 Å². The molecule has 0 unspecified atom stereocenters. The summed E-state index contributed by atoms with van der Waals surface area (Å²) in [5.41, 5.74) is 2.01. The Kier molecular flexibility index (Phi) is 5.27. The Hall–Kier alpha value is -2.80. The normalized spacial score (nSPS) is 15.1. The van der Waals surface area contributed by atoms with Gasteiger partial charge in [-0.3, -0.25) is 19.8 Å². The summed E-state index contributed by atoms with van der Waals surface area (Å²) in [7, 11) is 0. The quantitative estimate of drug-likeness (QED) is 0.623. The first kappa shape index (κ1) is 18.0. The molecule has 0 spiro atoms. The van der Waals surface area contributed by atoms with E-state index in [1.165, 1.54) is 24.3 Å². The van der Waals surface area contributed by atoms with Gasteiger partial charge in [-0.1, -0.05) is 12.1 Å². The minimum atomic E-state index is -0.447. The number of benzene rings is 2. The molecule has 0 radical (unpaired) electrons.